The SMILES string of the molecule is NCC1CCCC1c1nc(-c2ccc(O)c(F)c2)no1. The van der Waals surface area contributed by atoms with Crippen LogP contribution < -0.4 is 5.73 Å². The van der Waals surface area contributed by atoms with Crippen molar-refractivity contribution in [2.24, 2.45) is 11.7 Å². The van der Waals surface area contributed by atoms with Crippen molar-refractivity contribution in [2.45, 2.75) is 25.2 Å². The minimum Gasteiger partial charge on any atom is -0.505 e. The second-order valence-electron chi connectivity index (χ2n) is 5.16. The Morgan fingerprint density at radius 1 is 1.40 bits per heavy atom. The molecular formula is C14H16FN3O2. The van der Waals surface area contributed by atoms with Crippen LogP contribution in [-0.4, -0.2) is 21.8 Å². The van der Waals surface area contributed by atoms with E-state index < -0.39 is 11.6 Å². The smallest absolute Gasteiger partial charge is 0.230 e. The summed E-state index contributed by atoms with van der Waals surface area (Å²) in [6, 6.07) is 4.03. The van der Waals surface area contributed by atoms with E-state index in [1.54, 1.807) is 6.07 Å². The van der Waals surface area contributed by atoms with Crippen molar-refractivity contribution in [1.82, 2.24) is 10.1 Å². The highest BCUT2D eigenvalue weighted by molar-refractivity contribution is 5.55. The first-order valence-electron chi connectivity index (χ1n) is 6.71. The van der Waals surface area contributed by atoms with Gasteiger partial charge in [-0.2, -0.15) is 4.98 Å². The molecule has 0 spiro atoms. The molecule has 1 aromatic carbocycles. The Hall–Kier alpha value is -1.95. The molecule has 3 rings (SSSR count). The summed E-state index contributed by atoms with van der Waals surface area (Å²) in [5.41, 5.74) is 6.23. The minimum atomic E-state index is -0.699. The van der Waals surface area contributed by atoms with Gasteiger partial charge in [0.2, 0.25) is 11.7 Å². The van der Waals surface area contributed by atoms with Crippen LogP contribution in [0.5, 0.6) is 5.75 Å². The lowest BCUT2D eigenvalue weighted by molar-refractivity contribution is 0.326. The van der Waals surface area contributed by atoms with Crippen LogP contribution in [0.25, 0.3) is 11.4 Å². The molecule has 6 heteroatoms. The topological polar surface area (TPSA) is 85.2 Å². The lowest BCUT2D eigenvalue weighted by Crippen LogP contribution is -2.17. The van der Waals surface area contributed by atoms with Gasteiger partial charge in [-0.3, -0.25) is 0 Å². The van der Waals surface area contributed by atoms with Crippen molar-refractivity contribution in [2.75, 3.05) is 6.54 Å². The number of halogens is 1. The van der Waals surface area contributed by atoms with Gasteiger partial charge in [0.05, 0.1) is 0 Å². The first-order valence-corrected chi connectivity index (χ1v) is 6.71. The third kappa shape index (κ3) is 2.27. The van der Waals surface area contributed by atoms with E-state index in [0.29, 0.717) is 29.7 Å². The van der Waals surface area contributed by atoms with Crippen molar-refractivity contribution in [3.63, 3.8) is 0 Å². The predicted octanol–water partition coefficient (Wildman–Crippen LogP) is 2.42. The molecule has 106 valence electrons. The van der Waals surface area contributed by atoms with E-state index in [2.05, 4.69) is 10.1 Å². The Balaban J connectivity index is 1.88. The number of nitrogens with two attached hydrogens (primary N) is 1. The van der Waals surface area contributed by atoms with Crippen LogP contribution in [0.1, 0.15) is 31.1 Å². The summed E-state index contributed by atoms with van der Waals surface area (Å²) in [6.07, 6.45) is 3.18. The molecule has 0 saturated heterocycles. The summed E-state index contributed by atoms with van der Waals surface area (Å²) in [5, 5.41) is 13.1. The van der Waals surface area contributed by atoms with Gasteiger partial charge in [-0.15, -0.1) is 0 Å². The zero-order valence-corrected chi connectivity index (χ0v) is 10.9. The summed E-state index contributed by atoms with van der Waals surface area (Å²) >= 11 is 0. The molecular weight excluding hydrogens is 261 g/mol. The van der Waals surface area contributed by atoms with Gasteiger partial charge in [0.1, 0.15) is 0 Å². The largest absolute Gasteiger partial charge is 0.505 e. The third-order valence-corrected chi connectivity index (χ3v) is 3.93. The van der Waals surface area contributed by atoms with Crippen LogP contribution in [-0.2, 0) is 0 Å². The fourth-order valence-electron chi connectivity index (χ4n) is 2.79. The zero-order valence-electron chi connectivity index (χ0n) is 10.9. The molecule has 1 fully saturated rings. The molecule has 1 aliphatic rings. The first kappa shape index (κ1) is 13.1. The average Bonchev–Trinajstić information content (AvgIpc) is 3.09. The summed E-state index contributed by atoms with van der Waals surface area (Å²) in [6.45, 7) is 0.607. The summed E-state index contributed by atoms with van der Waals surface area (Å²) in [4.78, 5) is 4.35. The van der Waals surface area contributed by atoms with Gasteiger partial charge in [0.25, 0.3) is 0 Å². The number of nitrogens with zero attached hydrogens (tertiary/aromatic N) is 2. The maximum atomic E-state index is 13.3. The van der Waals surface area contributed by atoms with Gasteiger partial charge < -0.3 is 15.4 Å². The zero-order chi connectivity index (χ0) is 14.1. The molecule has 1 aromatic heterocycles. The van der Waals surface area contributed by atoms with Crippen LogP contribution in [0.15, 0.2) is 22.7 Å². The third-order valence-electron chi connectivity index (χ3n) is 3.93. The molecule has 1 heterocycles. The molecule has 0 amide bonds. The fourth-order valence-corrected chi connectivity index (χ4v) is 2.79. The quantitative estimate of drug-likeness (QED) is 0.900. The highest BCUT2D eigenvalue weighted by Crippen LogP contribution is 2.38. The van der Waals surface area contributed by atoms with E-state index in [0.717, 1.165) is 19.3 Å². The van der Waals surface area contributed by atoms with Crippen molar-refractivity contribution in [3.8, 4) is 17.1 Å². The number of hydrogen-bond acceptors (Lipinski definition) is 5. The average molecular weight is 277 g/mol. The summed E-state index contributed by atoms with van der Waals surface area (Å²) in [7, 11) is 0. The molecule has 1 aliphatic carbocycles. The molecule has 1 saturated carbocycles. The first-order chi connectivity index (χ1) is 9.69. The Bertz CT molecular complexity index is 614. The maximum absolute atomic E-state index is 13.3. The molecule has 2 atom stereocenters. The highest BCUT2D eigenvalue weighted by atomic mass is 19.1. The number of rotatable bonds is 3. The molecule has 2 aromatic rings. The molecule has 3 N–H and O–H groups in total. The lowest BCUT2D eigenvalue weighted by atomic mass is 9.96. The van der Waals surface area contributed by atoms with Gasteiger partial charge in [-0.25, -0.2) is 4.39 Å². The maximum Gasteiger partial charge on any atom is 0.230 e. The number of hydrogen-bond donors (Lipinski definition) is 2. The Labute approximate surface area is 115 Å². The van der Waals surface area contributed by atoms with Gasteiger partial charge >= 0.3 is 0 Å². The molecule has 0 radical (unpaired) electrons. The van der Waals surface area contributed by atoms with Crippen LogP contribution in [0.3, 0.4) is 0 Å². The van der Waals surface area contributed by atoms with Crippen LogP contribution in [0, 0.1) is 11.7 Å². The monoisotopic (exact) mass is 277 g/mol. The van der Waals surface area contributed by atoms with Gasteiger partial charge in [0, 0.05) is 11.5 Å². The minimum absolute atomic E-state index is 0.197. The van der Waals surface area contributed by atoms with Crippen LogP contribution in [0.4, 0.5) is 4.39 Å². The summed E-state index contributed by atoms with van der Waals surface area (Å²) in [5.74, 6) is 0.386. The molecule has 0 bridgehead atoms. The highest BCUT2D eigenvalue weighted by Gasteiger charge is 2.32. The van der Waals surface area contributed by atoms with Crippen molar-refractivity contribution in [1.29, 1.82) is 0 Å². The molecule has 2 unspecified atom stereocenters. The normalized spacial score (nSPS) is 22.3. The number of phenols is 1. The second-order valence-corrected chi connectivity index (χ2v) is 5.16. The van der Waals surface area contributed by atoms with Gasteiger partial charge in [-0.05, 0) is 43.5 Å². The van der Waals surface area contributed by atoms with E-state index in [1.165, 1.54) is 12.1 Å². The lowest BCUT2D eigenvalue weighted by Gasteiger charge is -2.12. The Morgan fingerprint density at radius 3 is 3.00 bits per heavy atom. The van der Waals surface area contributed by atoms with Gasteiger partial charge in [0.15, 0.2) is 11.6 Å². The Morgan fingerprint density at radius 2 is 2.25 bits per heavy atom. The fraction of sp³-hybridized carbons (Fsp3) is 0.429. The summed E-state index contributed by atoms with van der Waals surface area (Å²) < 4.78 is 18.6. The van der Waals surface area contributed by atoms with E-state index in [9.17, 15) is 9.50 Å². The van der Waals surface area contributed by atoms with Crippen molar-refractivity contribution in [3.05, 3.63) is 29.9 Å². The standard InChI is InChI=1S/C14H16FN3O2/c15-11-6-8(4-5-12(11)19)13-17-14(20-18-13)10-3-1-2-9(10)7-16/h4-6,9-10,19H,1-3,7,16H2. The van der Waals surface area contributed by atoms with E-state index in [4.69, 9.17) is 10.3 Å². The van der Waals surface area contributed by atoms with Crippen molar-refractivity contribution >= 4 is 0 Å². The molecule has 20 heavy (non-hydrogen) atoms. The van der Waals surface area contributed by atoms with E-state index in [-0.39, 0.29) is 5.92 Å². The predicted molar refractivity (Wildman–Crippen MR) is 70.5 cm³/mol. The molecule has 5 nitrogen and oxygen atoms in total. The van der Waals surface area contributed by atoms with Crippen LogP contribution in [0.2, 0.25) is 0 Å². The van der Waals surface area contributed by atoms with Gasteiger partial charge in [-0.1, -0.05) is 11.6 Å². The van der Waals surface area contributed by atoms with Crippen molar-refractivity contribution < 1.29 is 14.0 Å². The molecule has 0 aliphatic heterocycles. The second kappa shape index (κ2) is 5.20. The van der Waals surface area contributed by atoms with E-state index >= 15 is 0 Å². The van der Waals surface area contributed by atoms with E-state index in [1.807, 2.05) is 0 Å². The number of phenolic OH excluding ortho intramolecular Hbond substituents is 1. The van der Waals surface area contributed by atoms with Crippen LogP contribution >= 0.6 is 0 Å². The number of aromatic nitrogens is 2. The Kier molecular flexibility index (Phi) is 3.40. The number of benzene rings is 1. The number of aromatic hydroxyl groups is 1.